The number of nitrogens with zero attached hydrogens (tertiary/aromatic N) is 1. The molecule has 0 spiro atoms. The van der Waals surface area contributed by atoms with Crippen LogP contribution in [0.4, 0.5) is 0 Å². The average Bonchev–Trinajstić information content (AvgIpc) is 2.98. The fourth-order valence-electron chi connectivity index (χ4n) is 5.74. The quantitative estimate of drug-likeness (QED) is 0.262. The molecule has 1 saturated heterocycles. The first-order valence-corrected chi connectivity index (χ1v) is 17.6. The van der Waals surface area contributed by atoms with Crippen molar-refractivity contribution in [3.63, 3.8) is 0 Å². The standard InChI is InChI=1S/C25H38N2.C8H16.C5H12.C2H6/c1-7-21(5)26-25(14-13-24-11-9-23(8-2)10-12-24)15-17-27(18-16-25)22(6)19-20(3)4;1-8(2)6-4-3-5-7-8;1-3-5-4-2;1-2/h9-12,19,26H,5-8,13-18H2,1-4H3;3-7H2,1-2H3;3-5H2,1-2H3;1-2H3. The van der Waals surface area contributed by atoms with Crippen LogP contribution in [0.3, 0.4) is 0 Å². The number of hydrogen-bond donors (Lipinski definition) is 1. The maximum absolute atomic E-state index is 4.26. The molecule has 0 atom stereocenters. The van der Waals surface area contributed by atoms with Crippen LogP contribution in [-0.4, -0.2) is 23.5 Å². The highest BCUT2D eigenvalue weighted by atomic mass is 15.2. The third-order valence-corrected chi connectivity index (χ3v) is 8.69. The second kappa shape index (κ2) is 22.6. The van der Waals surface area contributed by atoms with Crippen molar-refractivity contribution in [2.75, 3.05) is 13.1 Å². The van der Waals surface area contributed by atoms with Crippen molar-refractivity contribution >= 4 is 0 Å². The lowest BCUT2D eigenvalue weighted by atomic mass is 9.78. The monoisotopic (exact) mass is 581 g/mol. The van der Waals surface area contributed by atoms with E-state index in [1.165, 1.54) is 68.1 Å². The zero-order chi connectivity index (χ0) is 32.0. The first-order valence-electron chi connectivity index (χ1n) is 17.6. The zero-order valence-electron chi connectivity index (χ0n) is 30.1. The van der Waals surface area contributed by atoms with E-state index in [1.54, 1.807) is 0 Å². The lowest BCUT2D eigenvalue weighted by molar-refractivity contribution is 0.165. The number of likely N-dealkylation sites (tertiary alicyclic amines) is 1. The predicted octanol–water partition coefficient (Wildman–Crippen LogP) is 12.2. The second-order valence-corrected chi connectivity index (χ2v) is 13.3. The largest absolute Gasteiger partial charge is 0.383 e. The lowest BCUT2D eigenvalue weighted by Crippen LogP contribution is -2.52. The van der Waals surface area contributed by atoms with E-state index in [0.717, 1.165) is 63.0 Å². The summed E-state index contributed by atoms with van der Waals surface area (Å²) < 4.78 is 0. The van der Waals surface area contributed by atoms with Crippen LogP contribution in [0.2, 0.25) is 0 Å². The van der Waals surface area contributed by atoms with Crippen molar-refractivity contribution in [2.24, 2.45) is 5.41 Å². The summed E-state index contributed by atoms with van der Waals surface area (Å²) in [6, 6.07) is 9.14. The summed E-state index contributed by atoms with van der Waals surface area (Å²) >= 11 is 0. The molecule has 2 nitrogen and oxygen atoms in total. The van der Waals surface area contributed by atoms with E-state index in [9.17, 15) is 0 Å². The van der Waals surface area contributed by atoms with E-state index in [4.69, 9.17) is 0 Å². The number of nitrogens with one attached hydrogen (secondary N) is 1. The number of aryl methyl sites for hydroxylation is 2. The minimum absolute atomic E-state index is 0.151. The number of piperidine rings is 1. The van der Waals surface area contributed by atoms with Crippen LogP contribution in [0.1, 0.15) is 157 Å². The van der Waals surface area contributed by atoms with E-state index in [1.807, 2.05) is 13.8 Å². The maximum atomic E-state index is 4.26. The van der Waals surface area contributed by atoms with Crippen LogP contribution < -0.4 is 5.32 Å². The van der Waals surface area contributed by atoms with Crippen LogP contribution in [0, 0.1) is 5.41 Å². The summed E-state index contributed by atoms with van der Waals surface area (Å²) in [4.78, 5) is 2.43. The van der Waals surface area contributed by atoms with Crippen molar-refractivity contribution in [3.8, 4) is 0 Å². The van der Waals surface area contributed by atoms with Gasteiger partial charge in [-0.15, -0.1) is 0 Å². The van der Waals surface area contributed by atoms with Crippen molar-refractivity contribution < 1.29 is 0 Å². The highest BCUT2D eigenvalue weighted by molar-refractivity contribution is 5.23. The smallest absolute Gasteiger partial charge is 0.0407 e. The zero-order valence-corrected chi connectivity index (χ0v) is 30.1. The van der Waals surface area contributed by atoms with Crippen LogP contribution in [0.25, 0.3) is 0 Å². The van der Waals surface area contributed by atoms with Gasteiger partial charge in [0.05, 0.1) is 0 Å². The van der Waals surface area contributed by atoms with Crippen molar-refractivity contribution in [1.29, 1.82) is 0 Å². The first kappa shape index (κ1) is 40.0. The van der Waals surface area contributed by atoms with Gasteiger partial charge < -0.3 is 10.2 Å². The number of allylic oxidation sites excluding steroid dienone is 3. The molecule has 42 heavy (non-hydrogen) atoms. The van der Waals surface area contributed by atoms with Gasteiger partial charge in [0.25, 0.3) is 0 Å². The van der Waals surface area contributed by atoms with Gasteiger partial charge in [0.2, 0.25) is 0 Å². The molecular formula is C40H72N2. The normalized spacial score (nSPS) is 16.7. The summed E-state index contributed by atoms with van der Waals surface area (Å²) in [5.41, 5.74) is 7.30. The van der Waals surface area contributed by atoms with Gasteiger partial charge in [0.15, 0.2) is 0 Å². The van der Waals surface area contributed by atoms with Crippen LogP contribution in [-0.2, 0) is 12.8 Å². The average molecular weight is 581 g/mol. The number of unbranched alkanes of at least 4 members (excludes halogenated alkanes) is 2. The molecule has 1 heterocycles. The molecule has 1 saturated carbocycles. The molecular weight excluding hydrogens is 508 g/mol. The Kier molecular flexibility index (Phi) is 21.5. The van der Waals surface area contributed by atoms with Crippen LogP contribution >= 0.6 is 0 Å². The van der Waals surface area contributed by atoms with E-state index in [2.05, 4.69) is 109 Å². The van der Waals surface area contributed by atoms with E-state index in [0.29, 0.717) is 5.41 Å². The van der Waals surface area contributed by atoms with E-state index in [-0.39, 0.29) is 5.54 Å². The molecule has 1 aliphatic carbocycles. The first-order chi connectivity index (χ1) is 20.0. The van der Waals surface area contributed by atoms with Gasteiger partial charge in [0.1, 0.15) is 0 Å². The SMILES string of the molecule is C=C(CC)NC1(CCc2ccc(CC)cc2)CCN(C(=C)C=C(C)C)CC1.CC.CC1(C)CCCCC1.CCCCC. The van der Waals surface area contributed by atoms with Crippen LogP contribution in [0.5, 0.6) is 0 Å². The molecule has 0 unspecified atom stereocenters. The molecule has 1 aromatic carbocycles. The molecule has 3 rings (SSSR count). The number of benzene rings is 1. The Hall–Kier alpha value is -1.96. The van der Waals surface area contributed by atoms with Gasteiger partial charge in [-0.25, -0.2) is 0 Å². The Bertz CT molecular complexity index is 851. The molecule has 2 heteroatoms. The van der Waals surface area contributed by atoms with Gasteiger partial charge in [-0.2, -0.15) is 0 Å². The molecule has 1 aromatic rings. The van der Waals surface area contributed by atoms with Gasteiger partial charge in [-0.05, 0) is 87.8 Å². The Labute approximate surface area is 264 Å². The third kappa shape index (κ3) is 17.2. The molecule has 0 radical (unpaired) electrons. The number of hydrogen-bond acceptors (Lipinski definition) is 2. The Balaban J connectivity index is 0.000000916. The minimum Gasteiger partial charge on any atom is -0.383 e. The van der Waals surface area contributed by atoms with E-state index >= 15 is 0 Å². The Morgan fingerprint density at radius 3 is 1.74 bits per heavy atom. The second-order valence-electron chi connectivity index (χ2n) is 13.3. The molecule has 1 N–H and O–H groups in total. The summed E-state index contributed by atoms with van der Waals surface area (Å²) in [5.74, 6) is 0. The fourth-order valence-corrected chi connectivity index (χ4v) is 5.74. The highest BCUT2D eigenvalue weighted by Gasteiger charge is 2.34. The molecule has 2 fully saturated rings. The minimum atomic E-state index is 0.151. The van der Waals surface area contributed by atoms with Crippen LogP contribution in [0.15, 0.2) is 60.5 Å². The molecule has 242 valence electrons. The summed E-state index contributed by atoms with van der Waals surface area (Å²) in [6.07, 6.45) is 20.2. The van der Waals surface area contributed by atoms with Gasteiger partial charge in [-0.3, -0.25) is 0 Å². The summed E-state index contributed by atoms with van der Waals surface area (Å²) in [7, 11) is 0. The molecule has 2 aliphatic rings. The Morgan fingerprint density at radius 1 is 0.833 bits per heavy atom. The van der Waals surface area contributed by atoms with Crippen molar-refractivity contribution in [1.82, 2.24) is 10.2 Å². The third-order valence-electron chi connectivity index (χ3n) is 8.69. The predicted molar refractivity (Wildman–Crippen MR) is 192 cm³/mol. The van der Waals surface area contributed by atoms with Crippen molar-refractivity contribution in [2.45, 2.75) is 165 Å². The summed E-state index contributed by atoms with van der Waals surface area (Å²) in [6.45, 7) is 32.5. The molecule has 0 amide bonds. The number of rotatable bonds is 11. The lowest BCUT2D eigenvalue weighted by Gasteiger charge is -2.44. The molecule has 0 aromatic heterocycles. The molecule has 1 aliphatic heterocycles. The molecule has 0 bridgehead atoms. The van der Waals surface area contributed by atoms with Gasteiger partial charge in [0, 0.05) is 30.0 Å². The fraction of sp³-hybridized carbons (Fsp3) is 0.700. The summed E-state index contributed by atoms with van der Waals surface area (Å²) in [5, 5.41) is 3.81. The highest BCUT2D eigenvalue weighted by Crippen LogP contribution is 2.34. The maximum Gasteiger partial charge on any atom is 0.0407 e. The Morgan fingerprint density at radius 2 is 1.36 bits per heavy atom. The van der Waals surface area contributed by atoms with Crippen molar-refractivity contribution in [3.05, 3.63) is 71.6 Å². The van der Waals surface area contributed by atoms with E-state index < -0.39 is 0 Å². The topological polar surface area (TPSA) is 15.3 Å². The van der Waals surface area contributed by atoms with Gasteiger partial charge >= 0.3 is 0 Å². The van der Waals surface area contributed by atoms with Gasteiger partial charge in [-0.1, -0.05) is 137 Å².